The monoisotopic (exact) mass is 276 g/mol. The molecule has 6 nitrogen and oxygen atoms in total. The number of halogens is 1. The van der Waals surface area contributed by atoms with Crippen LogP contribution in [-0.4, -0.2) is 33.1 Å². The fourth-order valence-electron chi connectivity index (χ4n) is 1.23. The number of rotatable bonds is 2. The fraction of sp³-hybridized carbons (Fsp3) is 0.167. The van der Waals surface area contributed by atoms with E-state index in [9.17, 15) is 4.79 Å². The molecule has 0 radical (unpaired) electrons. The van der Waals surface area contributed by atoms with Crippen LogP contribution in [0.2, 0.25) is 5.15 Å². The topological polar surface area (TPSA) is 69.9 Å². The molecule has 0 N–H and O–H groups in total. The molecule has 0 bridgehead atoms. The van der Waals surface area contributed by atoms with E-state index in [1.807, 2.05) is 0 Å². The van der Waals surface area contributed by atoms with Gasteiger partial charge in [-0.2, -0.15) is 5.10 Å². The molecular weight excluding hydrogens is 268 g/mol. The lowest BCUT2D eigenvalue weighted by Crippen LogP contribution is -1.98. The average molecular weight is 277 g/mol. The summed E-state index contributed by atoms with van der Waals surface area (Å²) in [6.07, 6.45) is 3.30. The van der Waals surface area contributed by atoms with E-state index >= 15 is 0 Å². The average Bonchev–Trinajstić information content (AvgIpc) is 2.88. The summed E-state index contributed by atoms with van der Waals surface area (Å²) >= 11 is 5.65. The third-order valence-corrected chi connectivity index (χ3v) is 2.33. The van der Waals surface area contributed by atoms with Gasteiger partial charge >= 0.3 is 5.97 Å². The van der Waals surface area contributed by atoms with E-state index in [1.54, 1.807) is 24.5 Å². The number of ether oxygens (including phenoxy) is 1. The van der Waals surface area contributed by atoms with Crippen molar-refractivity contribution < 1.29 is 9.53 Å². The Hall–Kier alpha value is -2.39. The summed E-state index contributed by atoms with van der Waals surface area (Å²) in [5.74, 6) is 5.66. The van der Waals surface area contributed by atoms with Crippen molar-refractivity contribution in [2.45, 2.75) is 6.42 Å². The lowest BCUT2D eigenvalue weighted by atomic mass is 10.3. The van der Waals surface area contributed by atoms with Crippen molar-refractivity contribution in [1.82, 2.24) is 20.0 Å². The normalized spacial score (nSPS) is 9.58. The van der Waals surface area contributed by atoms with E-state index < -0.39 is 0 Å². The summed E-state index contributed by atoms with van der Waals surface area (Å²) in [5, 5.41) is 12.0. The second kappa shape index (κ2) is 5.98. The Morgan fingerprint density at radius 2 is 2.32 bits per heavy atom. The quantitative estimate of drug-likeness (QED) is 0.609. The number of aromatic nitrogens is 4. The van der Waals surface area contributed by atoms with Gasteiger partial charge in [0.2, 0.25) is 0 Å². The highest BCUT2D eigenvalue weighted by molar-refractivity contribution is 6.29. The lowest BCUT2D eigenvalue weighted by molar-refractivity contribution is -0.139. The van der Waals surface area contributed by atoms with Crippen LogP contribution in [0.1, 0.15) is 12.0 Å². The van der Waals surface area contributed by atoms with Crippen LogP contribution in [0.15, 0.2) is 24.5 Å². The zero-order valence-corrected chi connectivity index (χ0v) is 10.8. The minimum absolute atomic E-state index is 0.0441. The van der Waals surface area contributed by atoms with Gasteiger partial charge < -0.3 is 4.74 Å². The smallest absolute Gasteiger partial charge is 0.317 e. The molecular formula is C12H9ClN4O2. The van der Waals surface area contributed by atoms with E-state index in [1.165, 1.54) is 11.8 Å². The van der Waals surface area contributed by atoms with Crippen LogP contribution in [0.3, 0.4) is 0 Å². The van der Waals surface area contributed by atoms with Gasteiger partial charge in [0, 0.05) is 6.20 Å². The van der Waals surface area contributed by atoms with Gasteiger partial charge in [-0.3, -0.25) is 4.79 Å². The molecule has 0 saturated carbocycles. The maximum Gasteiger partial charge on any atom is 0.317 e. The second-order valence-electron chi connectivity index (χ2n) is 3.44. The molecule has 96 valence electrons. The first-order valence-electron chi connectivity index (χ1n) is 5.29. The third-order valence-electron chi connectivity index (χ3n) is 2.13. The molecule has 2 rings (SSSR count). The summed E-state index contributed by atoms with van der Waals surface area (Å²) in [7, 11) is 1.32. The van der Waals surface area contributed by atoms with Crippen molar-refractivity contribution in [2.24, 2.45) is 0 Å². The van der Waals surface area contributed by atoms with Crippen molar-refractivity contribution in [3.05, 3.63) is 35.2 Å². The summed E-state index contributed by atoms with van der Waals surface area (Å²) in [6, 6.07) is 3.31. The Bertz CT molecular complexity index is 640. The van der Waals surface area contributed by atoms with Gasteiger partial charge in [0.25, 0.3) is 0 Å². The van der Waals surface area contributed by atoms with Crippen LogP contribution in [0, 0.1) is 11.8 Å². The predicted octanol–water partition coefficient (Wildman–Crippen LogP) is 1.23. The molecule has 0 atom stereocenters. The van der Waals surface area contributed by atoms with E-state index in [4.69, 9.17) is 11.6 Å². The van der Waals surface area contributed by atoms with Gasteiger partial charge in [0.1, 0.15) is 6.42 Å². The summed E-state index contributed by atoms with van der Waals surface area (Å²) < 4.78 is 6.00. The molecule has 2 heterocycles. The maximum atomic E-state index is 10.9. The van der Waals surface area contributed by atoms with Gasteiger partial charge in [-0.25, -0.2) is 4.68 Å². The number of carbonyl (C=O) groups is 1. The Morgan fingerprint density at radius 1 is 1.47 bits per heavy atom. The number of methoxy groups -OCH3 is 1. The Labute approximate surface area is 114 Å². The zero-order chi connectivity index (χ0) is 13.7. The SMILES string of the molecule is COC(=O)CC#Cc1cnn(-c2ccc(Cl)nn2)c1. The van der Waals surface area contributed by atoms with Crippen LogP contribution < -0.4 is 0 Å². The van der Waals surface area contributed by atoms with E-state index in [0.29, 0.717) is 16.5 Å². The zero-order valence-electron chi connectivity index (χ0n) is 10.00. The highest BCUT2D eigenvalue weighted by atomic mass is 35.5. The molecule has 2 aromatic rings. The van der Waals surface area contributed by atoms with Gasteiger partial charge in [-0.1, -0.05) is 23.4 Å². The van der Waals surface area contributed by atoms with Crippen molar-refractivity contribution in [2.75, 3.05) is 7.11 Å². The van der Waals surface area contributed by atoms with E-state index in [2.05, 4.69) is 31.9 Å². The van der Waals surface area contributed by atoms with Gasteiger partial charge in [-0.05, 0) is 12.1 Å². The first-order chi connectivity index (χ1) is 9.19. The molecule has 0 amide bonds. The van der Waals surface area contributed by atoms with Crippen molar-refractivity contribution in [3.63, 3.8) is 0 Å². The Balaban J connectivity index is 2.11. The highest BCUT2D eigenvalue weighted by Crippen LogP contribution is 2.07. The number of esters is 1. The third kappa shape index (κ3) is 3.53. The van der Waals surface area contributed by atoms with Crippen LogP contribution in [0.5, 0.6) is 0 Å². The maximum absolute atomic E-state index is 10.9. The van der Waals surface area contributed by atoms with Gasteiger partial charge in [-0.15, -0.1) is 10.2 Å². The van der Waals surface area contributed by atoms with Crippen LogP contribution in [0.4, 0.5) is 0 Å². The summed E-state index contributed by atoms with van der Waals surface area (Å²) in [6.45, 7) is 0. The minimum Gasteiger partial charge on any atom is -0.468 e. The Kier molecular flexibility index (Phi) is 4.11. The predicted molar refractivity (Wildman–Crippen MR) is 67.7 cm³/mol. The number of nitrogens with zero attached hydrogens (tertiary/aromatic N) is 4. The number of carbonyl (C=O) groups excluding carboxylic acids is 1. The molecule has 0 fully saturated rings. The minimum atomic E-state index is -0.372. The molecule has 0 aliphatic heterocycles. The van der Waals surface area contributed by atoms with E-state index in [0.717, 1.165) is 0 Å². The first-order valence-corrected chi connectivity index (χ1v) is 5.67. The van der Waals surface area contributed by atoms with Crippen molar-refractivity contribution in [3.8, 4) is 17.7 Å². The van der Waals surface area contributed by atoms with Crippen LogP contribution in [0.25, 0.3) is 5.82 Å². The highest BCUT2D eigenvalue weighted by Gasteiger charge is 2.01. The van der Waals surface area contributed by atoms with Crippen molar-refractivity contribution >= 4 is 17.6 Å². The fourth-order valence-corrected chi connectivity index (χ4v) is 1.34. The molecule has 0 saturated heterocycles. The standard InChI is InChI=1S/C12H9ClN4O2/c1-19-12(18)4-2-3-9-7-14-17(8-9)11-6-5-10(13)15-16-11/h5-8H,4H2,1H3. The molecule has 0 aliphatic rings. The summed E-state index contributed by atoms with van der Waals surface area (Å²) in [5.41, 5.74) is 0.667. The molecule has 0 aliphatic carbocycles. The molecule has 0 spiro atoms. The van der Waals surface area contributed by atoms with Gasteiger partial charge in [0.15, 0.2) is 11.0 Å². The van der Waals surface area contributed by atoms with Crippen LogP contribution in [-0.2, 0) is 9.53 Å². The molecule has 7 heteroatoms. The Morgan fingerprint density at radius 3 is 3.00 bits per heavy atom. The largest absolute Gasteiger partial charge is 0.468 e. The van der Waals surface area contributed by atoms with Gasteiger partial charge in [0.05, 0.1) is 18.9 Å². The number of hydrogen-bond acceptors (Lipinski definition) is 5. The molecule has 19 heavy (non-hydrogen) atoms. The van der Waals surface area contributed by atoms with E-state index in [-0.39, 0.29) is 12.4 Å². The molecule has 0 aromatic carbocycles. The first kappa shape index (κ1) is 13.1. The lowest BCUT2D eigenvalue weighted by Gasteiger charge is -1.96. The van der Waals surface area contributed by atoms with Crippen molar-refractivity contribution in [1.29, 1.82) is 0 Å². The second-order valence-corrected chi connectivity index (χ2v) is 3.83. The number of hydrogen-bond donors (Lipinski definition) is 0. The van der Waals surface area contributed by atoms with Crippen LogP contribution >= 0.6 is 11.6 Å². The molecule has 0 unspecified atom stereocenters. The molecule has 2 aromatic heterocycles. The summed E-state index contributed by atoms with van der Waals surface area (Å²) in [4.78, 5) is 10.9.